The number of carbonyl (C=O) groups is 1. The minimum absolute atomic E-state index is 0.112. The molecule has 1 fully saturated rings. The highest BCUT2D eigenvalue weighted by atomic mass is 16.5. The number of carbonyl (C=O) groups excluding carboxylic acids is 1. The van der Waals surface area contributed by atoms with Gasteiger partial charge in [-0.05, 0) is 12.8 Å². The molecule has 1 heterocycles. The van der Waals surface area contributed by atoms with E-state index in [2.05, 4.69) is 4.98 Å². The van der Waals surface area contributed by atoms with Crippen molar-refractivity contribution in [3.63, 3.8) is 0 Å². The van der Waals surface area contributed by atoms with Gasteiger partial charge >= 0.3 is 0 Å². The maximum Gasteiger partial charge on any atom is 0.181 e. The van der Waals surface area contributed by atoms with Gasteiger partial charge in [0.15, 0.2) is 5.78 Å². The van der Waals surface area contributed by atoms with Crippen LogP contribution in [0.1, 0.15) is 48.3 Å². The molecule has 0 unspecified atom stereocenters. The van der Waals surface area contributed by atoms with E-state index in [0.717, 1.165) is 25.0 Å². The molecule has 0 atom stereocenters. The molecule has 1 N–H and O–H groups in total. The van der Waals surface area contributed by atoms with Crippen LogP contribution in [0.5, 0.6) is 11.5 Å². The minimum atomic E-state index is -0.231. The van der Waals surface area contributed by atoms with Crippen LogP contribution < -0.4 is 4.74 Å². The van der Waals surface area contributed by atoms with E-state index in [9.17, 15) is 9.90 Å². The SMILES string of the molecule is COCCCOc1cc(O)c(C(C)=O)nc1C1CC1. The van der Waals surface area contributed by atoms with Crippen LogP contribution in [0.2, 0.25) is 0 Å². The number of Topliss-reactive ketones (excluding diaryl/α,β-unsaturated/α-hetero) is 1. The lowest BCUT2D eigenvalue weighted by atomic mass is 10.1. The molecule has 104 valence electrons. The second-order valence-corrected chi connectivity index (χ2v) is 4.76. The van der Waals surface area contributed by atoms with Crippen LogP contribution in [-0.2, 0) is 4.74 Å². The summed E-state index contributed by atoms with van der Waals surface area (Å²) in [5.41, 5.74) is 0.923. The van der Waals surface area contributed by atoms with Gasteiger partial charge in [-0.3, -0.25) is 4.79 Å². The molecule has 0 saturated heterocycles. The lowest BCUT2D eigenvalue weighted by molar-refractivity contribution is 0.101. The molecule has 5 nitrogen and oxygen atoms in total. The van der Waals surface area contributed by atoms with Crippen molar-refractivity contribution in [3.8, 4) is 11.5 Å². The van der Waals surface area contributed by atoms with Crippen molar-refractivity contribution in [2.75, 3.05) is 20.3 Å². The zero-order valence-electron chi connectivity index (χ0n) is 11.3. The first-order valence-corrected chi connectivity index (χ1v) is 6.50. The number of rotatable bonds is 7. The molecule has 1 aliphatic carbocycles. The summed E-state index contributed by atoms with van der Waals surface area (Å²) in [6.45, 7) is 2.54. The first kappa shape index (κ1) is 13.8. The molecule has 1 saturated carbocycles. The van der Waals surface area contributed by atoms with Gasteiger partial charge in [-0.15, -0.1) is 0 Å². The Balaban J connectivity index is 2.16. The summed E-state index contributed by atoms with van der Waals surface area (Å²) in [5.74, 6) is 0.598. The van der Waals surface area contributed by atoms with Gasteiger partial charge in [-0.25, -0.2) is 4.98 Å². The molecule has 1 aliphatic rings. The van der Waals surface area contributed by atoms with Crippen molar-refractivity contribution in [1.29, 1.82) is 0 Å². The number of aromatic hydroxyl groups is 1. The second kappa shape index (κ2) is 6.02. The van der Waals surface area contributed by atoms with Crippen LogP contribution in [0.3, 0.4) is 0 Å². The van der Waals surface area contributed by atoms with E-state index in [4.69, 9.17) is 9.47 Å². The summed E-state index contributed by atoms with van der Waals surface area (Å²) in [6.07, 6.45) is 2.89. The second-order valence-electron chi connectivity index (χ2n) is 4.76. The van der Waals surface area contributed by atoms with E-state index in [1.54, 1.807) is 7.11 Å². The summed E-state index contributed by atoms with van der Waals surface area (Å²) < 4.78 is 10.6. The zero-order valence-corrected chi connectivity index (χ0v) is 11.3. The minimum Gasteiger partial charge on any atom is -0.505 e. The van der Waals surface area contributed by atoms with Gasteiger partial charge in [0.05, 0.1) is 12.3 Å². The Morgan fingerprint density at radius 3 is 2.79 bits per heavy atom. The number of ether oxygens (including phenoxy) is 2. The normalized spacial score (nSPS) is 14.4. The quantitative estimate of drug-likeness (QED) is 0.605. The zero-order chi connectivity index (χ0) is 13.8. The molecule has 19 heavy (non-hydrogen) atoms. The average Bonchev–Trinajstić information content (AvgIpc) is 3.18. The highest BCUT2D eigenvalue weighted by Gasteiger charge is 2.30. The van der Waals surface area contributed by atoms with Crippen molar-refractivity contribution >= 4 is 5.78 Å². The van der Waals surface area contributed by atoms with Crippen molar-refractivity contribution in [2.24, 2.45) is 0 Å². The van der Waals surface area contributed by atoms with Gasteiger partial charge in [0.25, 0.3) is 0 Å². The molecule has 0 bridgehead atoms. The summed E-state index contributed by atoms with van der Waals surface area (Å²) in [5, 5.41) is 9.80. The summed E-state index contributed by atoms with van der Waals surface area (Å²) in [6, 6.07) is 1.50. The molecule has 1 aromatic heterocycles. The first-order valence-electron chi connectivity index (χ1n) is 6.50. The van der Waals surface area contributed by atoms with E-state index < -0.39 is 0 Å². The molecule has 0 radical (unpaired) electrons. The predicted octanol–water partition coefficient (Wildman–Crippen LogP) is 2.28. The van der Waals surface area contributed by atoms with Crippen LogP contribution in [0.4, 0.5) is 0 Å². The number of aromatic nitrogens is 1. The van der Waals surface area contributed by atoms with E-state index in [1.807, 2.05) is 0 Å². The van der Waals surface area contributed by atoms with E-state index in [0.29, 0.717) is 24.9 Å². The third-order valence-electron chi connectivity index (χ3n) is 3.04. The lowest BCUT2D eigenvalue weighted by Gasteiger charge is -2.12. The smallest absolute Gasteiger partial charge is 0.181 e. The fourth-order valence-electron chi connectivity index (χ4n) is 1.91. The summed E-state index contributed by atoms with van der Waals surface area (Å²) in [7, 11) is 1.64. The van der Waals surface area contributed by atoms with E-state index in [1.165, 1.54) is 13.0 Å². The average molecular weight is 265 g/mol. The van der Waals surface area contributed by atoms with Crippen LogP contribution in [0.15, 0.2) is 6.07 Å². The molecule has 0 aromatic carbocycles. The van der Waals surface area contributed by atoms with Gasteiger partial charge < -0.3 is 14.6 Å². The Morgan fingerprint density at radius 2 is 2.21 bits per heavy atom. The maximum atomic E-state index is 11.4. The Hall–Kier alpha value is -1.62. The molecule has 0 aliphatic heterocycles. The number of hydrogen-bond acceptors (Lipinski definition) is 5. The van der Waals surface area contributed by atoms with Crippen molar-refractivity contribution < 1.29 is 19.4 Å². The number of methoxy groups -OCH3 is 1. The molecule has 1 aromatic rings. The van der Waals surface area contributed by atoms with Crippen LogP contribution in [0, 0.1) is 0 Å². The van der Waals surface area contributed by atoms with Crippen molar-refractivity contribution in [1.82, 2.24) is 4.98 Å². The lowest BCUT2D eigenvalue weighted by Crippen LogP contribution is -2.07. The van der Waals surface area contributed by atoms with Gasteiger partial charge in [0, 0.05) is 39.0 Å². The van der Waals surface area contributed by atoms with Crippen LogP contribution >= 0.6 is 0 Å². The fourth-order valence-corrected chi connectivity index (χ4v) is 1.91. The third-order valence-corrected chi connectivity index (χ3v) is 3.04. The van der Waals surface area contributed by atoms with Gasteiger partial charge in [-0.2, -0.15) is 0 Å². The third kappa shape index (κ3) is 3.44. The number of pyridine rings is 1. The highest BCUT2D eigenvalue weighted by molar-refractivity contribution is 5.94. The monoisotopic (exact) mass is 265 g/mol. The van der Waals surface area contributed by atoms with Gasteiger partial charge in [-0.1, -0.05) is 0 Å². The molecule has 0 spiro atoms. The number of ketones is 1. The molecule has 2 rings (SSSR count). The molecular weight excluding hydrogens is 246 g/mol. The number of nitrogens with zero attached hydrogens (tertiary/aromatic N) is 1. The predicted molar refractivity (Wildman–Crippen MR) is 69.9 cm³/mol. The Bertz CT molecular complexity index is 469. The van der Waals surface area contributed by atoms with Crippen molar-refractivity contribution in [2.45, 2.75) is 32.1 Å². The van der Waals surface area contributed by atoms with E-state index >= 15 is 0 Å². The molecule has 5 heteroatoms. The largest absolute Gasteiger partial charge is 0.505 e. The van der Waals surface area contributed by atoms with Crippen LogP contribution in [-0.4, -0.2) is 36.2 Å². The van der Waals surface area contributed by atoms with Crippen molar-refractivity contribution in [3.05, 3.63) is 17.5 Å². The highest BCUT2D eigenvalue weighted by Crippen LogP contribution is 2.44. The Morgan fingerprint density at radius 1 is 1.47 bits per heavy atom. The number of hydrogen-bond donors (Lipinski definition) is 1. The summed E-state index contributed by atoms with van der Waals surface area (Å²) >= 11 is 0. The Kier molecular flexibility index (Phi) is 4.37. The standard InChI is InChI=1S/C14H19NO4/c1-9(16)13-11(17)8-12(19-7-3-6-18-2)14(15-13)10-4-5-10/h8,10,17H,3-7H2,1-2H3. The van der Waals surface area contributed by atoms with Gasteiger partial charge in [0.1, 0.15) is 17.2 Å². The van der Waals surface area contributed by atoms with Gasteiger partial charge in [0.2, 0.25) is 0 Å². The Labute approximate surface area is 112 Å². The fraction of sp³-hybridized carbons (Fsp3) is 0.571. The van der Waals surface area contributed by atoms with Crippen LogP contribution in [0.25, 0.3) is 0 Å². The maximum absolute atomic E-state index is 11.4. The summed E-state index contributed by atoms with van der Waals surface area (Å²) in [4.78, 5) is 15.7. The molecular formula is C14H19NO4. The topological polar surface area (TPSA) is 68.7 Å². The molecule has 0 amide bonds. The first-order chi connectivity index (χ1) is 9.13. The van der Waals surface area contributed by atoms with E-state index in [-0.39, 0.29) is 17.2 Å².